The summed E-state index contributed by atoms with van der Waals surface area (Å²) in [6.07, 6.45) is 2.54. The van der Waals surface area contributed by atoms with Crippen molar-refractivity contribution >= 4 is 11.9 Å². The van der Waals surface area contributed by atoms with Gasteiger partial charge in [0.1, 0.15) is 5.41 Å². The molecule has 0 amide bonds. The van der Waals surface area contributed by atoms with Gasteiger partial charge in [0.15, 0.2) is 0 Å². The molecule has 1 spiro atoms. The van der Waals surface area contributed by atoms with Crippen molar-refractivity contribution in [2.75, 3.05) is 33.9 Å². The molecule has 6 heteroatoms. The molecule has 2 fully saturated rings. The Kier molecular flexibility index (Phi) is 5.63. The zero-order chi connectivity index (χ0) is 18.6. The maximum absolute atomic E-state index is 12.7. The van der Waals surface area contributed by atoms with Crippen LogP contribution in [0.4, 0.5) is 0 Å². The number of benzene rings is 1. The molecule has 1 saturated carbocycles. The minimum Gasteiger partial charge on any atom is -0.469 e. The minimum atomic E-state index is -0.857. The predicted molar refractivity (Wildman–Crippen MR) is 95.3 cm³/mol. The Labute approximate surface area is 154 Å². The lowest BCUT2D eigenvalue weighted by Crippen LogP contribution is -2.45. The summed E-state index contributed by atoms with van der Waals surface area (Å²) in [5.41, 5.74) is 0.177. The van der Waals surface area contributed by atoms with E-state index in [0.29, 0.717) is 13.0 Å². The van der Waals surface area contributed by atoms with Gasteiger partial charge in [-0.1, -0.05) is 30.3 Å². The molecule has 1 saturated heterocycles. The third kappa shape index (κ3) is 4.24. The number of hydrogen-bond acceptors (Lipinski definition) is 6. The molecular weight excluding hydrogens is 334 g/mol. The van der Waals surface area contributed by atoms with Gasteiger partial charge in [-0.15, -0.1) is 0 Å². The Morgan fingerprint density at radius 1 is 1.12 bits per heavy atom. The molecule has 1 atom stereocenters. The topological polar surface area (TPSA) is 65.1 Å². The number of hydrogen-bond donors (Lipinski definition) is 0. The largest absolute Gasteiger partial charge is 0.469 e. The normalized spacial score (nSPS) is 24.7. The summed E-state index contributed by atoms with van der Waals surface area (Å²) in [5, 5.41) is 0. The Balaban J connectivity index is 1.82. The SMILES string of the molecule is COC(=O)CCC1(C(=O)OC)COC2(CC2)CN(Cc2ccccc2)C1. The van der Waals surface area contributed by atoms with Crippen molar-refractivity contribution in [3.05, 3.63) is 35.9 Å². The van der Waals surface area contributed by atoms with Gasteiger partial charge in [-0.2, -0.15) is 0 Å². The number of ether oxygens (including phenoxy) is 3. The van der Waals surface area contributed by atoms with Gasteiger partial charge in [-0.25, -0.2) is 0 Å². The highest BCUT2D eigenvalue weighted by Gasteiger charge is 2.53. The molecular formula is C20H27NO5. The third-order valence-corrected chi connectivity index (χ3v) is 5.40. The highest BCUT2D eigenvalue weighted by atomic mass is 16.5. The number of esters is 2. The molecule has 1 unspecified atom stereocenters. The molecule has 0 radical (unpaired) electrons. The van der Waals surface area contributed by atoms with E-state index in [1.807, 2.05) is 18.2 Å². The molecule has 1 heterocycles. The maximum atomic E-state index is 12.7. The van der Waals surface area contributed by atoms with Crippen LogP contribution in [-0.4, -0.2) is 56.4 Å². The van der Waals surface area contributed by atoms with E-state index in [0.717, 1.165) is 25.9 Å². The van der Waals surface area contributed by atoms with E-state index in [4.69, 9.17) is 14.2 Å². The van der Waals surface area contributed by atoms with Gasteiger partial charge in [-0.05, 0) is 24.8 Å². The summed E-state index contributed by atoms with van der Waals surface area (Å²) < 4.78 is 16.0. The van der Waals surface area contributed by atoms with E-state index in [1.165, 1.54) is 19.8 Å². The van der Waals surface area contributed by atoms with Crippen molar-refractivity contribution in [1.29, 1.82) is 0 Å². The standard InChI is InChI=1S/C20H27NO5/c1-24-17(22)8-9-19(18(23)25-2)13-21(12-16-6-4-3-5-7-16)14-20(10-11-20)26-15-19/h3-7H,8-15H2,1-2H3. The first-order chi connectivity index (χ1) is 12.5. The number of rotatable bonds is 6. The molecule has 6 nitrogen and oxygen atoms in total. The van der Waals surface area contributed by atoms with Gasteiger partial charge in [-0.3, -0.25) is 14.5 Å². The molecule has 142 valence electrons. The van der Waals surface area contributed by atoms with E-state index in [-0.39, 0.29) is 30.6 Å². The second-order valence-corrected chi connectivity index (χ2v) is 7.45. The van der Waals surface area contributed by atoms with Crippen molar-refractivity contribution in [1.82, 2.24) is 4.90 Å². The maximum Gasteiger partial charge on any atom is 0.315 e. The summed E-state index contributed by atoms with van der Waals surface area (Å²) >= 11 is 0. The van der Waals surface area contributed by atoms with Crippen molar-refractivity contribution in [2.24, 2.45) is 5.41 Å². The Morgan fingerprint density at radius 2 is 1.85 bits per heavy atom. The summed E-state index contributed by atoms with van der Waals surface area (Å²) in [6, 6.07) is 10.2. The van der Waals surface area contributed by atoms with Crippen molar-refractivity contribution in [3.63, 3.8) is 0 Å². The first-order valence-corrected chi connectivity index (χ1v) is 9.06. The summed E-state index contributed by atoms with van der Waals surface area (Å²) in [5.74, 6) is -0.648. The van der Waals surface area contributed by atoms with Crippen LogP contribution in [0.1, 0.15) is 31.2 Å². The van der Waals surface area contributed by atoms with Crippen molar-refractivity contribution < 1.29 is 23.8 Å². The smallest absolute Gasteiger partial charge is 0.315 e. The fourth-order valence-corrected chi connectivity index (χ4v) is 3.71. The van der Waals surface area contributed by atoms with E-state index in [1.54, 1.807) is 0 Å². The first-order valence-electron chi connectivity index (χ1n) is 9.06. The van der Waals surface area contributed by atoms with Gasteiger partial charge >= 0.3 is 11.9 Å². The van der Waals surface area contributed by atoms with E-state index >= 15 is 0 Å². The number of carbonyl (C=O) groups excluding carboxylic acids is 2. The first kappa shape index (κ1) is 18.9. The van der Waals surface area contributed by atoms with Gasteiger partial charge < -0.3 is 14.2 Å². The molecule has 1 aromatic rings. The van der Waals surface area contributed by atoms with E-state index < -0.39 is 5.41 Å². The Morgan fingerprint density at radius 3 is 2.46 bits per heavy atom. The highest BCUT2D eigenvalue weighted by molar-refractivity contribution is 5.78. The Hall–Kier alpha value is -1.92. The third-order valence-electron chi connectivity index (χ3n) is 5.40. The fourth-order valence-electron chi connectivity index (χ4n) is 3.71. The molecule has 1 aromatic carbocycles. The van der Waals surface area contributed by atoms with Crippen LogP contribution in [0.25, 0.3) is 0 Å². The van der Waals surface area contributed by atoms with E-state index in [9.17, 15) is 9.59 Å². The quantitative estimate of drug-likeness (QED) is 0.724. The van der Waals surface area contributed by atoms with Crippen LogP contribution in [0.15, 0.2) is 30.3 Å². The lowest BCUT2D eigenvalue weighted by Gasteiger charge is -2.32. The molecule has 2 aliphatic rings. The zero-order valence-electron chi connectivity index (χ0n) is 15.5. The molecule has 0 N–H and O–H groups in total. The van der Waals surface area contributed by atoms with Crippen LogP contribution >= 0.6 is 0 Å². The van der Waals surface area contributed by atoms with Gasteiger partial charge in [0.05, 0.1) is 26.4 Å². The average Bonchev–Trinajstić information content (AvgIpc) is 3.45. The number of carbonyl (C=O) groups is 2. The minimum absolute atomic E-state index is 0.157. The Bertz CT molecular complexity index is 643. The average molecular weight is 361 g/mol. The zero-order valence-corrected chi connectivity index (χ0v) is 15.5. The van der Waals surface area contributed by atoms with Crippen molar-refractivity contribution in [2.45, 2.75) is 37.8 Å². The lowest BCUT2D eigenvalue weighted by atomic mass is 9.83. The molecule has 0 bridgehead atoms. The van der Waals surface area contributed by atoms with Crippen molar-refractivity contribution in [3.8, 4) is 0 Å². The summed E-state index contributed by atoms with van der Waals surface area (Å²) in [6.45, 7) is 2.32. The van der Waals surface area contributed by atoms with Crippen LogP contribution in [0.3, 0.4) is 0 Å². The fraction of sp³-hybridized carbons (Fsp3) is 0.600. The van der Waals surface area contributed by atoms with Crippen LogP contribution in [0, 0.1) is 5.41 Å². The summed E-state index contributed by atoms with van der Waals surface area (Å²) in [7, 11) is 2.75. The lowest BCUT2D eigenvalue weighted by molar-refractivity contribution is -0.159. The predicted octanol–water partition coefficient (Wildman–Crippen LogP) is 2.16. The second-order valence-electron chi connectivity index (χ2n) is 7.45. The van der Waals surface area contributed by atoms with Crippen LogP contribution < -0.4 is 0 Å². The monoisotopic (exact) mass is 361 g/mol. The molecule has 1 aliphatic carbocycles. The molecule has 3 rings (SSSR count). The number of nitrogens with zero attached hydrogens (tertiary/aromatic N) is 1. The highest BCUT2D eigenvalue weighted by Crippen LogP contribution is 2.45. The van der Waals surface area contributed by atoms with E-state index in [2.05, 4.69) is 17.0 Å². The number of methoxy groups -OCH3 is 2. The molecule has 26 heavy (non-hydrogen) atoms. The van der Waals surface area contributed by atoms with Gasteiger partial charge in [0.2, 0.25) is 0 Å². The molecule has 0 aromatic heterocycles. The van der Waals surface area contributed by atoms with Crippen LogP contribution in [0.2, 0.25) is 0 Å². The van der Waals surface area contributed by atoms with Crippen LogP contribution in [0.5, 0.6) is 0 Å². The molecule has 1 aliphatic heterocycles. The second kappa shape index (κ2) is 7.76. The van der Waals surface area contributed by atoms with Crippen LogP contribution in [-0.2, 0) is 30.3 Å². The summed E-state index contributed by atoms with van der Waals surface area (Å²) in [4.78, 5) is 26.6. The van der Waals surface area contributed by atoms with Gasteiger partial charge in [0, 0.05) is 26.1 Å². The van der Waals surface area contributed by atoms with Gasteiger partial charge in [0.25, 0.3) is 0 Å².